The lowest BCUT2D eigenvalue weighted by Crippen LogP contribution is -2.26. The summed E-state index contributed by atoms with van der Waals surface area (Å²) in [5.41, 5.74) is -5.97. The van der Waals surface area contributed by atoms with Crippen LogP contribution in [0.4, 0.5) is 43.9 Å². The zero-order chi connectivity index (χ0) is 16.4. The molecule has 0 aromatic heterocycles. The molecule has 0 aliphatic heterocycles. The predicted octanol–water partition coefficient (Wildman–Crippen LogP) is 3.95. The average Bonchev–Trinajstić information content (AvgIpc) is 2.09. The molecule has 0 saturated heterocycles. The van der Waals surface area contributed by atoms with Crippen LogP contribution >= 0.6 is 0 Å². The van der Waals surface area contributed by atoms with Gasteiger partial charge < -0.3 is 4.74 Å². The van der Waals surface area contributed by atoms with E-state index in [0.29, 0.717) is 0 Å². The summed E-state index contributed by atoms with van der Waals surface area (Å²) >= 11 is 0. The molecule has 0 aliphatic carbocycles. The van der Waals surface area contributed by atoms with Crippen LogP contribution in [0.5, 0.6) is 0 Å². The first-order valence-corrected chi connectivity index (χ1v) is 4.14. The van der Waals surface area contributed by atoms with E-state index in [1.54, 1.807) is 0 Å². The molecule has 0 rings (SSSR count). The zero-order valence-electron chi connectivity index (χ0n) is 8.75. The number of allylic oxidation sites excluding steroid dienone is 2. The normalized spacial score (nSPS) is 14.0. The molecule has 0 unspecified atom stereocenters. The van der Waals surface area contributed by atoms with Gasteiger partial charge in [-0.15, -0.1) is 0 Å². The SMILES string of the molecule is O=C(F)/C(=C\OC=C(C(F)(F)F)C(F)(F)F)C(F)(F)F. The molecular weight excluding hydrogens is 318 g/mol. The highest BCUT2D eigenvalue weighted by Gasteiger charge is 2.51. The summed E-state index contributed by atoms with van der Waals surface area (Å²) in [6.07, 6.45) is -19.6. The number of hydrogen-bond acceptors (Lipinski definition) is 2. The van der Waals surface area contributed by atoms with Crippen molar-refractivity contribution in [3.63, 3.8) is 0 Å². The minimum Gasteiger partial charge on any atom is -0.471 e. The minimum absolute atomic E-state index is 0.903. The van der Waals surface area contributed by atoms with Gasteiger partial charge in [0.25, 0.3) is 0 Å². The van der Waals surface area contributed by atoms with E-state index in [4.69, 9.17) is 0 Å². The highest BCUT2D eigenvalue weighted by molar-refractivity contribution is 5.88. The summed E-state index contributed by atoms with van der Waals surface area (Å²) in [7, 11) is 0. The summed E-state index contributed by atoms with van der Waals surface area (Å²) in [5.74, 6) is 0. The fourth-order valence-corrected chi connectivity index (χ4v) is 0.689. The van der Waals surface area contributed by atoms with Crippen LogP contribution in [0.1, 0.15) is 0 Å². The third kappa shape index (κ3) is 5.48. The molecule has 12 heteroatoms. The monoisotopic (exact) mass is 320 g/mol. The van der Waals surface area contributed by atoms with Crippen LogP contribution in [0.25, 0.3) is 0 Å². The fourth-order valence-electron chi connectivity index (χ4n) is 0.689. The Balaban J connectivity index is 5.40. The highest BCUT2D eigenvalue weighted by atomic mass is 19.4. The van der Waals surface area contributed by atoms with E-state index in [0.717, 1.165) is 0 Å². The number of carbonyl (C=O) groups is 1. The Labute approximate surface area is 103 Å². The highest BCUT2D eigenvalue weighted by Crippen LogP contribution is 2.38. The van der Waals surface area contributed by atoms with E-state index >= 15 is 0 Å². The van der Waals surface area contributed by atoms with Gasteiger partial charge in [0.05, 0.1) is 0 Å². The second kappa shape index (κ2) is 5.71. The van der Waals surface area contributed by atoms with Crippen LogP contribution in [0.3, 0.4) is 0 Å². The molecule has 2 nitrogen and oxygen atoms in total. The Kier molecular flexibility index (Phi) is 5.21. The van der Waals surface area contributed by atoms with E-state index in [-0.39, 0.29) is 0 Å². The van der Waals surface area contributed by atoms with Crippen molar-refractivity contribution < 1.29 is 53.4 Å². The van der Waals surface area contributed by atoms with Gasteiger partial charge in [-0.05, 0) is 0 Å². The lowest BCUT2D eigenvalue weighted by atomic mass is 10.3. The summed E-state index contributed by atoms with van der Waals surface area (Å²) < 4.78 is 122. The van der Waals surface area contributed by atoms with Crippen molar-refractivity contribution in [2.45, 2.75) is 18.5 Å². The van der Waals surface area contributed by atoms with Crippen LogP contribution in [-0.2, 0) is 9.53 Å². The Morgan fingerprint density at radius 2 is 1.15 bits per heavy atom. The van der Waals surface area contributed by atoms with Gasteiger partial charge in [0.1, 0.15) is 12.5 Å². The molecule has 0 fully saturated rings. The van der Waals surface area contributed by atoms with Crippen molar-refractivity contribution in [1.82, 2.24) is 0 Å². The second-order valence-electron chi connectivity index (χ2n) is 2.97. The van der Waals surface area contributed by atoms with Crippen LogP contribution in [0.2, 0.25) is 0 Å². The van der Waals surface area contributed by atoms with Crippen molar-refractivity contribution in [1.29, 1.82) is 0 Å². The van der Waals surface area contributed by atoms with Crippen molar-refractivity contribution in [2.75, 3.05) is 0 Å². The van der Waals surface area contributed by atoms with Gasteiger partial charge in [0.2, 0.25) is 0 Å². The molecule has 0 spiro atoms. The molecule has 20 heavy (non-hydrogen) atoms. The first-order valence-electron chi connectivity index (χ1n) is 4.14. The minimum atomic E-state index is -5.97. The number of rotatable bonds is 3. The van der Waals surface area contributed by atoms with Crippen LogP contribution < -0.4 is 0 Å². The Morgan fingerprint density at radius 3 is 1.40 bits per heavy atom. The van der Waals surface area contributed by atoms with Crippen LogP contribution in [-0.4, -0.2) is 24.6 Å². The summed E-state index contributed by atoms with van der Waals surface area (Å²) in [4.78, 5) is 9.86. The van der Waals surface area contributed by atoms with Crippen molar-refractivity contribution in [2.24, 2.45) is 0 Å². The standard InChI is InChI=1S/C8H2F10O2/c9-5(19)3(6(10,11)12)1-20-2-4(7(13,14)15)8(16,17)18/h1-2H/b3-1+. The Bertz CT molecular complexity index is 406. The maximum Gasteiger partial charge on any atom is 0.425 e. The third-order valence-electron chi connectivity index (χ3n) is 1.50. The molecule has 0 bridgehead atoms. The molecule has 0 saturated carbocycles. The molecule has 0 atom stereocenters. The zero-order valence-corrected chi connectivity index (χ0v) is 8.75. The van der Waals surface area contributed by atoms with E-state index in [1.165, 1.54) is 0 Å². The van der Waals surface area contributed by atoms with E-state index in [2.05, 4.69) is 4.74 Å². The van der Waals surface area contributed by atoms with Crippen molar-refractivity contribution in [3.05, 3.63) is 23.7 Å². The molecular formula is C8H2F10O2. The topological polar surface area (TPSA) is 26.3 Å². The van der Waals surface area contributed by atoms with Gasteiger partial charge in [-0.2, -0.15) is 43.9 Å². The number of ether oxygens (including phenoxy) is 1. The van der Waals surface area contributed by atoms with Crippen molar-refractivity contribution >= 4 is 6.04 Å². The van der Waals surface area contributed by atoms with Gasteiger partial charge in [-0.3, -0.25) is 4.79 Å². The lowest BCUT2D eigenvalue weighted by molar-refractivity contribution is -0.174. The molecule has 0 radical (unpaired) electrons. The molecule has 0 amide bonds. The largest absolute Gasteiger partial charge is 0.471 e. The number of carbonyl (C=O) groups excluding carboxylic acids is 1. The quantitative estimate of drug-likeness (QED) is 0.341. The number of hydrogen-bond donors (Lipinski definition) is 0. The molecule has 116 valence electrons. The summed E-state index contributed by atoms with van der Waals surface area (Å²) in [5, 5.41) is 0. The molecule has 0 N–H and O–H groups in total. The molecule has 0 aromatic rings. The number of halogens is 10. The summed E-state index contributed by atoms with van der Waals surface area (Å²) in [6.45, 7) is 0. The van der Waals surface area contributed by atoms with E-state index in [9.17, 15) is 48.7 Å². The fraction of sp³-hybridized carbons (Fsp3) is 0.375. The Hall–Kier alpha value is -1.75. The van der Waals surface area contributed by atoms with Gasteiger partial charge in [0.15, 0.2) is 11.1 Å². The second-order valence-corrected chi connectivity index (χ2v) is 2.97. The van der Waals surface area contributed by atoms with Gasteiger partial charge in [0, 0.05) is 0 Å². The summed E-state index contributed by atoms with van der Waals surface area (Å²) in [6, 6.07) is -3.13. The number of alkyl halides is 9. The van der Waals surface area contributed by atoms with Gasteiger partial charge in [-0.25, -0.2) is 0 Å². The van der Waals surface area contributed by atoms with E-state index in [1.807, 2.05) is 0 Å². The maximum atomic E-state index is 11.9. The predicted molar refractivity (Wildman–Crippen MR) is 41.5 cm³/mol. The third-order valence-corrected chi connectivity index (χ3v) is 1.50. The average molecular weight is 320 g/mol. The first-order chi connectivity index (χ1) is 8.67. The lowest BCUT2D eigenvalue weighted by Gasteiger charge is -2.14. The smallest absolute Gasteiger partial charge is 0.425 e. The maximum absolute atomic E-state index is 11.9. The molecule has 0 aromatic carbocycles. The van der Waals surface area contributed by atoms with E-state index < -0.39 is 48.2 Å². The first kappa shape index (κ1) is 18.2. The van der Waals surface area contributed by atoms with Gasteiger partial charge >= 0.3 is 24.6 Å². The van der Waals surface area contributed by atoms with Crippen LogP contribution in [0.15, 0.2) is 23.7 Å². The molecule has 0 aliphatic rings. The Morgan fingerprint density at radius 1 is 0.750 bits per heavy atom. The molecule has 0 heterocycles. The van der Waals surface area contributed by atoms with Gasteiger partial charge in [-0.1, -0.05) is 0 Å². The van der Waals surface area contributed by atoms with Crippen LogP contribution in [0, 0.1) is 0 Å². The van der Waals surface area contributed by atoms with Crippen molar-refractivity contribution in [3.8, 4) is 0 Å².